The molecule has 0 aromatic heterocycles. The average Bonchev–Trinajstić information content (AvgIpc) is 2.45. The van der Waals surface area contributed by atoms with Gasteiger partial charge in [0.2, 0.25) is 0 Å². The number of aliphatic hydroxyl groups excluding tert-OH is 1. The Morgan fingerprint density at radius 1 is 1.14 bits per heavy atom. The second-order valence-electron chi connectivity index (χ2n) is 5.22. The lowest BCUT2D eigenvalue weighted by molar-refractivity contribution is 0.199. The van der Waals surface area contributed by atoms with Crippen LogP contribution in [0.25, 0.3) is 0 Å². The van der Waals surface area contributed by atoms with Gasteiger partial charge in [0.1, 0.15) is 0 Å². The molecule has 0 radical (unpaired) electrons. The number of hydrogen-bond donors (Lipinski definition) is 1. The summed E-state index contributed by atoms with van der Waals surface area (Å²) in [6.07, 6.45) is -0.512. The van der Waals surface area contributed by atoms with Gasteiger partial charge in [0.15, 0.2) is 0 Å². The molecule has 4 heteroatoms. The van der Waals surface area contributed by atoms with E-state index < -0.39 is 6.10 Å². The van der Waals surface area contributed by atoms with Gasteiger partial charge in [-0.1, -0.05) is 45.7 Å². The van der Waals surface area contributed by atoms with E-state index in [2.05, 4.69) is 33.8 Å². The lowest BCUT2D eigenvalue weighted by Crippen LogP contribution is -2.23. The van der Waals surface area contributed by atoms with Gasteiger partial charge in [0, 0.05) is 27.8 Å². The van der Waals surface area contributed by atoms with Crippen molar-refractivity contribution < 1.29 is 5.11 Å². The van der Waals surface area contributed by atoms with Crippen molar-refractivity contribution in [2.45, 2.75) is 26.0 Å². The number of anilines is 1. The minimum atomic E-state index is -0.512. The van der Waals surface area contributed by atoms with Gasteiger partial charge in [-0.25, -0.2) is 0 Å². The second-order valence-corrected chi connectivity index (χ2v) is 6.57. The first kappa shape index (κ1) is 16.3. The second kappa shape index (κ2) is 6.82. The van der Waals surface area contributed by atoms with Crippen LogP contribution in [-0.2, 0) is 0 Å². The van der Waals surface area contributed by atoms with Crippen LogP contribution in [-0.4, -0.2) is 12.2 Å². The molecule has 0 aliphatic heterocycles. The van der Waals surface area contributed by atoms with E-state index in [0.717, 1.165) is 26.3 Å². The largest absolute Gasteiger partial charge is 0.389 e. The van der Waals surface area contributed by atoms with Crippen LogP contribution in [0.5, 0.6) is 0 Å². The summed E-state index contributed by atoms with van der Waals surface area (Å²) in [6.45, 7) is 3.91. The minimum absolute atomic E-state index is 0.149. The van der Waals surface area contributed by atoms with Gasteiger partial charge < -0.3 is 10.0 Å². The number of rotatable bonds is 4. The maximum atomic E-state index is 9.98. The number of hydrogen-bond acceptors (Lipinski definition) is 2. The molecule has 2 atom stereocenters. The van der Waals surface area contributed by atoms with Crippen molar-refractivity contribution >= 4 is 33.2 Å². The fraction of sp³-hybridized carbons (Fsp3) is 0.294. The molecule has 0 saturated heterocycles. The first-order valence-corrected chi connectivity index (χ1v) is 8.03. The molecule has 0 amide bonds. The van der Waals surface area contributed by atoms with Crippen molar-refractivity contribution in [1.29, 1.82) is 0 Å². The number of benzene rings is 2. The Morgan fingerprint density at radius 2 is 1.86 bits per heavy atom. The van der Waals surface area contributed by atoms with E-state index in [0.29, 0.717) is 0 Å². The van der Waals surface area contributed by atoms with Gasteiger partial charge in [0.25, 0.3) is 0 Å². The maximum Gasteiger partial charge on any atom is 0.0782 e. The quantitative estimate of drug-likeness (QED) is 0.786. The first-order chi connectivity index (χ1) is 9.90. The van der Waals surface area contributed by atoms with Gasteiger partial charge in [-0.05, 0) is 43.7 Å². The summed E-state index contributed by atoms with van der Waals surface area (Å²) in [5.74, 6) is 0. The third-order valence-electron chi connectivity index (χ3n) is 3.73. The van der Waals surface area contributed by atoms with Crippen LogP contribution in [0.15, 0.2) is 46.9 Å². The molecule has 2 rings (SSSR count). The predicted octanol–water partition coefficient (Wildman–Crippen LogP) is 5.35. The van der Waals surface area contributed by atoms with Crippen molar-refractivity contribution in [3.63, 3.8) is 0 Å². The van der Waals surface area contributed by atoms with E-state index in [1.165, 1.54) is 0 Å². The summed E-state index contributed by atoms with van der Waals surface area (Å²) < 4.78 is 0.993. The smallest absolute Gasteiger partial charge is 0.0782 e. The van der Waals surface area contributed by atoms with Gasteiger partial charge in [-0.3, -0.25) is 0 Å². The molecule has 0 bridgehead atoms. The molecule has 0 aliphatic carbocycles. The number of halogens is 2. The van der Waals surface area contributed by atoms with E-state index in [9.17, 15) is 5.11 Å². The highest BCUT2D eigenvalue weighted by Gasteiger charge is 2.18. The molecule has 2 aromatic carbocycles. The lowest BCUT2D eigenvalue weighted by atomic mass is 10.0. The summed E-state index contributed by atoms with van der Waals surface area (Å²) in [7, 11) is 2.03. The SMILES string of the molecule is CC(O)c1ccc(Br)cc1N(C)C(C)c1cccc(Cl)c1. The molecular formula is C17H19BrClNO. The Bertz CT molecular complexity index is 630. The van der Waals surface area contributed by atoms with Gasteiger partial charge in [0.05, 0.1) is 12.1 Å². The zero-order chi connectivity index (χ0) is 15.6. The average molecular weight is 369 g/mol. The van der Waals surface area contributed by atoms with Crippen molar-refractivity contribution in [3.05, 3.63) is 63.1 Å². The Kier molecular flexibility index (Phi) is 5.31. The zero-order valence-electron chi connectivity index (χ0n) is 12.3. The molecule has 0 fully saturated rings. The lowest BCUT2D eigenvalue weighted by Gasteiger charge is -2.30. The Balaban J connectivity index is 2.39. The molecule has 2 unspecified atom stereocenters. The Labute approximate surface area is 139 Å². The van der Waals surface area contributed by atoms with Crippen molar-refractivity contribution in [3.8, 4) is 0 Å². The Hall–Kier alpha value is -1.03. The standard InChI is InChI=1S/C17H19BrClNO/c1-11(13-5-4-6-15(19)9-13)20(3)17-10-14(18)7-8-16(17)12(2)21/h4-12,21H,1-3H3. The Morgan fingerprint density at radius 3 is 2.48 bits per heavy atom. The number of aliphatic hydroxyl groups is 1. The highest BCUT2D eigenvalue weighted by Crippen LogP contribution is 2.34. The van der Waals surface area contributed by atoms with Gasteiger partial charge in [-0.15, -0.1) is 0 Å². The monoisotopic (exact) mass is 367 g/mol. The molecule has 0 aliphatic rings. The van der Waals surface area contributed by atoms with E-state index in [1.54, 1.807) is 6.92 Å². The summed E-state index contributed by atoms with van der Waals surface area (Å²) in [6, 6.07) is 13.9. The van der Waals surface area contributed by atoms with Crippen LogP contribution in [0.3, 0.4) is 0 Å². The van der Waals surface area contributed by atoms with Crippen LogP contribution < -0.4 is 4.90 Å². The molecule has 0 saturated carbocycles. The van der Waals surface area contributed by atoms with Crippen LogP contribution in [0.1, 0.15) is 37.1 Å². The fourth-order valence-corrected chi connectivity index (χ4v) is 2.92. The van der Waals surface area contributed by atoms with Crippen molar-refractivity contribution in [1.82, 2.24) is 0 Å². The zero-order valence-corrected chi connectivity index (χ0v) is 14.7. The summed E-state index contributed by atoms with van der Waals surface area (Å²) in [5, 5.41) is 10.7. The molecule has 0 heterocycles. The summed E-state index contributed by atoms with van der Waals surface area (Å²) in [5.41, 5.74) is 3.06. The highest BCUT2D eigenvalue weighted by molar-refractivity contribution is 9.10. The van der Waals surface area contributed by atoms with E-state index in [1.807, 2.05) is 43.4 Å². The fourth-order valence-electron chi connectivity index (χ4n) is 2.37. The number of nitrogens with zero attached hydrogens (tertiary/aromatic N) is 1. The third kappa shape index (κ3) is 3.79. The molecule has 21 heavy (non-hydrogen) atoms. The van der Waals surface area contributed by atoms with E-state index in [4.69, 9.17) is 11.6 Å². The van der Waals surface area contributed by atoms with Crippen molar-refractivity contribution in [2.75, 3.05) is 11.9 Å². The molecule has 1 N–H and O–H groups in total. The molecule has 0 spiro atoms. The highest BCUT2D eigenvalue weighted by atomic mass is 79.9. The molecule has 112 valence electrons. The van der Waals surface area contributed by atoms with Crippen LogP contribution in [0.2, 0.25) is 5.02 Å². The van der Waals surface area contributed by atoms with Gasteiger partial charge >= 0.3 is 0 Å². The topological polar surface area (TPSA) is 23.5 Å². The normalized spacial score (nSPS) is 13.8. The maximum absolute atomic E-state index is 9.98. The summed E-state index contributed by atoms with van der Waals surface area (Å²) in [4.78, 5) is 2.15. The van der Waals surface area contributed by atoms with Crippen LogP contribution in [0, 0.1) is 0 Å². The molecule has 2 nitrogen and oxygen atoms in total. The third-order valence-corrected chi connectivity index (χ3v) is 4.46. The van der Waals surface area contributed by atoms with Crippen LogP contribution >= 0.6 is 27.5 Å². The molecular weight excluding hydrogens is 350 g/mol. The van der Waals surface area contributed by atoms with E-state index in [-0.39, 0.29) is 6.04 Å². The van der Waals surface area contributed by atoms with E-state index >= 15 is 0 Å². The minimum Gasteiger partial charge on any atom is -0.389 e. The predicted molar refractivity (Wildman–Crippen MR) is 93.0 cm³/mol. The van der Waals surface area contributed by atoms with Crippen molar-refractivity contribution in [2.24, 2.45) is 0 Å². The van der Waals surface area contributed by atoms with Gasteiger partial charge in [-0.2, -0.15) is 0 Å². The van der Waals surface area contributed by atoms with Crippen LogP contribution in [0.4, 0.5) is 5.69 Å². The summed E-state index contributed by atoms with van der Waals surface area (Å²) >= 11 is 9.58. The molecule has 2 aromatic rings. The first-order valence-electron chi connectivity index (χ1n) is 6.86.